The Hall–Kier alpha value is -2.14. The first-order chi connectivity index (χ1) is 12.8. The van der Waals surface area contributed by atoms with Crippen LogP contribution in [0, 0.1) is 0 Å². The van der Waals surface area contributed by atoms with Crippen LogP contribution in [0.2, 0.25) is 4.34 Å². The van der Waals surface area contributed by atoms with E-state index in [0.717, 1.165) is 16.9 Å². The molecule has 0 saturated heterocycles. The van der Waals surface area contributed by atoms with E-state index in [9.17, 15) is 13.2 Å². The van der Waals surface area contributed by atoms with Gasteiger partial charge in [-0.15, -0.1) is 16.4 Å². The summed E-state index contributed by atoms with van der Waals surface area (Å²) in [4.78, 5) is 12.4. The molecular weight excluding hydrogens is 412 g/mol. The number of aromatic nitrogens is 3. The molecular formula is C16H17ClN4O4S2. The van der Waals surface area contributed by atoms with Crippen molar-refractivity contribution in [1.29, 1.82) is 0 Å². The Labute approximate surface area is 165 Å². The molecule has 3 rings (SSSR count). The monoisotopic (exact) mass is 428 g/mol. The summed E-state index contributed by atoms with van der Waals surface area (Å²) < 4.78 is 35.1. The zero-order valence-corrected chi connectivity index (χ0v) is 16.9. The van der Waals surface area contributed by atoms with Gasteiger partial charge in [0.05, 0.1) is 18.0 Å². The summed E-state index contributed by atoms with van der Waals surface area (Å²) in [7, 11) is -0.477. The molecule has 0 saturated carbocycles. The molecule has 0 amide bonds. The average Bonchev–Trinajstić information content (AvgIpc) is 3.21. The average molecular weight is 429 g/mol. The molecule has 2 aromatic heterocycles. The van der Waals surface area contributed by atoms with E-state index < -0.39 is 10.0 Å². The minimum atomic E-state index is -3.67. The summed E-state index contributed by atoms with van der Waals surface area (Å²) in [5.41, 5.74) is 0.419. The van der Waals surface area contributed by atoms with E-state index in [4.69, 9.17) is 16.3 Å². The third-order valence-electron chi connectivity index (χ3n) is 3.82. The molecule has 0 aliphatic carbocycles. The fourth-order valence-corrected chi connectivity index (χ4v) is 4.97. The molecule has 0 bridgehead atoms. The number of nitrogens with zero attached hydrogens (tertiary/aromatic N) is 3. The lowest BCUT2D eigenvalue weighted by Gasteiger charge is -2.04. The number of ether oxygens (including phenoxy) is 1. The Morgan fingerprint density at radius 3 is 2.52 bits per heavy atom. The first-order valence-electron chi connectivity index (χ1n) is 7.85. The van der Waals surface area contributed by atoms with Gasteiger partial charge in [0.15, 0.2) is 5.82 Å². The predicted octanol–water partition coefficient (Wildman–Crippen LogP) is 1.95. The summed E-state index contributed by atoms with van der Waals surface area (Å²) in [5.74, 6) is 1.18. The summed E-state index contributed by atoms with van der Waals surface area (Å²) >= 11 is 6.74. The predicted molar refractivity (Wildman–Crippen MR) is 104 cm³/mol. The minimum Gasteiger partial charge on any atom is -0.497 e. The second-order valence-corrected chi connectivity index (χ2v) is 9.28. The number of hydrogen-bond acceptors (Lipinski definition) is 6. The van der Waals surface area contributed by atoms with Crippen LogP contribution in [0.25, 0.3) is 11.4 Å². The molecule has 144 valence electrons. The van der Waals surface area contributed by atoms with Gasteiger partial charge >= 0.3 is 5.69 Å². The molecule has 0 aliphatic heterocycles. The highest BCUT2D eigenvalue weighted by Gasteiger charge is 2.17. The van der Waals surface area contributed by atoms with Gasteiger partial charge in [0.1, 0.15) is 9.96 Å². The largest absolute Gasteiger partial charge is 0.497 e. The van der Waals surface area contributed by atoms with Crippen LogP contribution in [0.4, 0.5) is 0 Å². The number of nitrogens with one attached hydrogen (secondary N) is 1. The van der Waals surface area contributed by atoms with Crippen LogP contribution >= 0.6 is 22.9 Å². The van der Waals surface area contributed by atoms with Gasteiger partial charge in [-0.25, -0.2) is 22.6 Å². The zero-order valence-electron chi connectivity index (χ0n) is 14.5. The molecule has 1 aromatic carbocycles. The second-order valence-electron chi connectivity index (χ2n) is 5.57. The highest BCUT2D eigenvalue weighted by Crippen LogP contribution is 2.25. The van der Waals surface area contributed by atoms with E-state index in [2.05, 4.69) is 9.82 Å². The Morgan fingerprint density at radius 1 is 1.22 bits per heavy atom. The molecule has 1 N–H and O–H groups in total. The minimum absolute atomic E-state index is 0.0246. The van der Waals surface area contributed by atoms with Crippen molar-refractivity contribution in [3.8, 4) is 17.1 Å². The normalized spacial score (nSPS) is 11.7. The van der Waals surface area contributed by atoms with E-state index in [1.54, 1.807) is 38.4 Å². The number of methoxy groups -OCH3 is 1. The lowest BCUT2D eigenvalue weighted by atomic mass is 10.2. The van der Waals surface area contributed by atoms with Crippen molar-refractivity contribution in [2.75, 3.05) is 13.7 Å². The first-order valence-corrected chi connectivity index (χ1v) is 10.5. The Bertz CT molecular complexity index is 1100. The van der Waals surface area contributed by atoms with Gasteiger partial charge in [-0.1, -0.05) is 11.6 Å². The number of sulfonamides is 1. The highest BCUT2D eigenvalue weighted by molar-refractivity contribution is 7.91. The van der Waals surface area contributed by atoms with Crippen LogP contribution in [0.3, 0.4) is 0 Å². The standard InChI is InChI=1S/C16H17ClN4O4S2/c1-20-15(11-3-5-12(25-2)6-4-11)19-21(16(20)22)10-9-18-27(23,24)14-8-7-13(17)26-14/h3-8,18H,9-10H2,1-2H3. The van der Waals surface area contributed by atoms with Gasteiger partial charge < -0.3 is 4.74 Å². The number of benzene rings is 1. The van der Waals surface area contributed by atoms with Crippen molar-refractivity contribution in [2.45, 2.75) is 10.8 Å². The number of rotatable bonds is 7. The van der Waals surface area contributed by atoms with Crippen LogP contribution in [-0.2, 0) is 23.6 Å². The Kier molecular flexibility index (Phi) is 5.70. The smallest absolute Gasteiger partial charge is 0.345 e. The number of halogens is 1. The molecule has 8 nitrogen and oxygen atoms in total. The third kappa shape index (κ3) is 4.24. The van der Waals surface area contributed by atoms with Crippen LogP contribution < -0.4 is 15.1 Å². The molecule has 2 heterocycles. The first kappa shape index (κ1) is 19.6. The third-order valence-corrected chi connectivity index (χ3v) is 7.00. The molecule has 0 radical (unpaired) electrons. The van der Waals surface area contributed by atoms with E-state index in [1.165, 1.54) is 21.4 Å². The molecule has 3 aromatic rings. The van der Waals surface area contributed by atoms with Gasteiger partial charge in [-0.2, -0.15) is 0 Å². The number of thiophene rings is 1. The van der Waals surface area contributed by atoms with Gasteiger partial charge in [-0.05, 0) is 36.4 Å². The van der Waals surface area contributed by atoms with Crippen LogP contribution in [0.1, 0.15) is 0 Å². The molecule has 0 unspecified atom stereocenters. The van der Waals surface area contributed by atoms with Crippen molar-refractivity contribution in [3.63, 3.8) is 0 Å². The summed E-state index contributed by atoms with van der Waals surface area (Å²) in [5, 5.41) is 4.30. The summed E-state index contributed by atoms with van der Waals surface area (Å²) in [6.45, 7) is 0.123. The summed E-state index contributed by atoms with van der Waals surface area (Å²) in [6.07, 6.45) is 0. The maximum Gasteiger partial charge on any atom is 0.345 e. The lowest BCUT2D eigenvalue weighted by molar-refractivity contribution is 0.415. The van der Waals surface area contributed by atoms with E-state index in [0.29, 0.717) is 15.9 Å². The molecule has 0 spiro atoms. The SMILES string of the molecule is COc1ccc(-c2nn(CCNS(=O)(=O)c3ccc(Cl)s3)c(=O)n2C)cc1. The quantitative estimate of drug-likeness (QED) is 0.620. The molecule has 11 heteroatoms. The van der Waals surface area contributed by atoms with Crippen molar-refractivity contribution >= 4 is 33.0 Å². The fraction of sp³-hybridized carbons (Fsp3) is 0.250. The van der Waals surface area contributed by atoms with E-state index in [-0.39, 0.29) is 23.0 Å². The van der Waals surface area contributed by atoms with Crippen molar-refractivity contribution in [2.24, 2.45) is 7.05 Å². The van der Waals surface area contributed by atoms with Crippen LogP contribution in [-0.4, -0.2) is 36.4 Å². The van der Waals surface area contributed by atoms with Crippen LogP contribution in [0.15, 0.2) is 45.4 Å². The van der Waals surface area contributed by atoms with Crippen molar-refractivity contribution in [3.05, 3.63) is 51.2 Å². The maximum absolute atomic E-state index is 12.4. The van der Waals surface area contributed by atoms with Gasteiger partial charge in [0, 0.05) is 19.2 Å². The Morgan fingerprint density at radius 2 is 1.93 bits per heavy atom. The van der Waals surface area contributed by atoms with Gasteiger partial charge in [0.25, 0.3) is 0 Å². The van der Waals surface area contributed by atoms with E-state index in [1.807, 2.05) is 0 Å². The van der Waals surface area contributed by atoms with Crippen molar-refractivity contribution < 1.29 is 13.2 Å². The zero-order chi connectivity index (χ0) is 19.6. The molecule has 0 atom stereocenters. The number of hydrogen-bond donors (Lipinski definition) is 1. The van der Waals surface area contributed by atoms with E-state index >= 15 is 0 Å². The molecule has 0 aliphatic rings. The van der Waals surface area contributed by atoms with Gasteiger partial charge in [-0.3, -0.25) is 4.57 Å². The second kappa shape index (κ2) is 7.85. The fourth-order valence-electron chi connectivity index (χ4n) is 2.42. The maximum atomic E-state index is 12.4. The molecule has 27 heavy (non-hydrogen) atoms. The van der Waals surface area contributed by atoms with Crippen LogP contribution in [0.5, 0.6) is 5.75 Å². The Balaban J connectivity index is 1.73. The lowest BCUT2D eigenvalue weighted by Crippen LogP contribution is -2.31. The van der Waals surface area contributed by atoms with Crippen molar-refractivity contribution in [1.82, 2.24) is 19.1 Å². The van der Waals surface area contributed by atoms with Gasteiger partial charge in [0.2, 0.25) is 10.0 Å². The topological polar surface area (TPSA) is 95.2 Å². The summed E-state index contributed by atoms with van der Waals surface area (Å²) in [6, 6.07) is 10.1. The highest BCUT2D eigenvalue weighted by atomic mass is 35.5. The molecule has 0 fully saturated rings.